The quantitative estimate of drug-likeness (QED) is 0.915. The molecule has 0 aliphatic carbocycles. The van der Waals surface area contributed by atoms with Crippen molar-refractivity contribution in [3.8, 4) is 5.88 Å². The van der Waals surface area contributed by atoms with Gasteiger partial charge in [0.05, 0.1) is 6.54 Å². The lowest BCUT2D eigenvalue weighted by atomic mass is 10.1. The third kappa shape index (κ3) is 4.68. The van der Waals surface area contributed by atoms with Crippen molar-refractivity contribution in [2.45, 2.75) is 25.4 Å². The van der Waals surface area contributed by atoms with E-state index in [-0.39, 0.29) is 12.1 Å². The summed E-state index contributed by atoms with van der Waals surface area (Å²) in [6.07, 6.45) is 5.79. The number of aromatic nitrogens is 2. The summed E-state index contributed by atoms with van der Waals surface area (Å²) < 4.78 is 5.84. The lowest BCUT2D eigenvalue weighted by Crippen LogP contribution is -2.49. The number of likely N-dealkylation sites (tertiary alicyclic amines) is 1. The Balaban J connectivity index is 1.44. The van der Waals surface area contributed by atoms with E-state index in [2.05, 4.69) is 27.4 Å². The van der Waals surface area contributed by atoms with Gasteiger partial charge in [0.1, 0.15) is 12.4 Å². The number of carbonyl (C=O) groups is 1. The molecule has 6 heteroatoms. The molecule has 0 unspecified atom stereocenters. The molecule has 126 valence electrons. The normalized spacial score (nSPS) is 17.3. The molecule has 0 spiro atoms. The molecule has 6 nitrogen and oxygen atoms in total. The zero-order valence-corrected chi connectivity index (χ0v) is 13.6. The van der Waals surface area contributed by atoms with Gasteiger partial charge in [-0.05, 0) is 24.8 Å². The highest BCUT2D eigenvalue weighted by atomic mass is 16.5. The molecule has 3 rings (SSSR count). The minimum Gasteiger partial charge on any atom is -0.472 e. The number of hydrogen-bond donors (Lipinski definition) is 1. The van der Waals surface area contributed by atoms with Gasteiger partial charge >= 0.3 is 6.03 Å². The molecule has 1 aromatic heterocycles. The highest BCUT2D eigenvalue weighted by Crippen LogP contribution is 2.16. The van der Waals surface area contributed by atoms with Gasteiger partial charge in [0.2, 0.25) is 5.88 Å². The van der Waals surface area contributed by atoms with Crippen LogP contribution in [0.25, 0.3) is 0 Å². The fourth-order valence-corrected chi connectivity index (χ4v) is 2.81. The maximum absolute atomic E-state index is 12.3. The minimum atomic E-state index is -0.0260. The fourth-order valence-electron chi connectivity index (χ4n) is 2.81. The van der Waals surface area contributed by atoms with E-state index in [0.717, 1.165) is 25.8 Å². The lowest BCUT2D eigenvalue weighted by Gasteiger charge is -2.32. The van der Waals surface area contributed by atoms with Gasteiger partial charge in [0.15, 0.2) is 0 Å². The van der Waals surface area contributed by atoms with E-state index in [4.69, 9.17) is 4.74 Å². The van der Waals surface area contributed by atoms with E-state index in [1.165, 1.54) is 11.9 Å². The summed E-state index contributed by atoms with van der Waals surface area (Å²) in [5.41, 5.74) is 1.22. The molecule has 2 aromatic rings. The van der Waals surface area contributed by atoms with Crippen LogP contribution in [-0.4, -0.2) is 46.6 Å². The van der Waals surface area contributed by atoms with Crippen molar-refractivity contribution in [3.05, 3.63) is 54.5 Å². The van der Waals surface area contributed by atoms with E-state index >= 15 is 0 Å². The number of rotatable bonds is 5. The number of nitrogens with zero attached hydrogens (tertiary/aromatic N) is 3. The van der Waals surface area contributed by atoms with Crippen LogP contribution in [0.3, 0.4) is 0 Å². The van der Waals surface area contributed by atoms with Gasteiger partial charge in [0, 0.05) is 25.4 Å². The molecule has 0 saturated carbocycles. The first-order chi connectivity index (χ1) is 11.8. The number of nitrogens with one attached hydrogen (secondary N) is 1. The first-order valence-electron chi connectivity index (χ1n) is 8.30. The summed E-state index contributed by atoms with van der Waals surface area (Å²) in [7, 11) is 0. The van der Waals surface area contributed by atoms with Gasteiger partial charge in [-0.25, -0.2) is 14.8 Å². The van der Waals surface area contributed by atoms with Crippen LogP contribution in [-0.2, 0) is 6.42 Å². The minimum absolute atomic E-state index is 0.0199. The Morgan fingerprint density at radius 3 is 2.96 bits per heavy atom. The SMILES string of the molecule is O=C(NCCc1ccccc1)N1CCC[C@H](Oc2ccncn2)C1. The maximum atomic E-state index is 12.3. The molecule has 1 aliphatic heterocycles. The largest absolute Gasteiger partial charge is 0.472 e. The van der Waals surface area contributed by atoms with Gasteiger partial charge in [-0.15, -0.1) is 0 Å². The smallest absolute Gasteiger partial charge is 0.317 e. The average Bonchev–Trinajstić information content (AvgIpc) is 2.64. The second-order valence-corrected chi connectivity index (χ2v) is 5.84. The number of amides is 2. The molecule has 2 heterocycles. The molecular formula is C18H22N4O2. The summed E-state index contributed by atoms with van der Waals surface area (Å²) in [6.45, 7) is 1.98. The topological polar surface area (TPSA) is 67.4 Å². The second-order valence-electron chi connectivity index (χ2n) is 5.84. The third-order valence-corrected chi connectivity index (χ3v) is 4.04. The van der Waals surface area contributed by atoms with Crippen LogP contribution in [0.2, 0.25) is 0 Å². The summed E-state index contributed by atoms with van der Waals surface area (Å²) >= 11 is 0. The van der Waals surface area contributed by atoms with E-state index in [0.29, 0.717) is 19.0 Å². The molecule has 1 atom stereocenters. The van der Waals surface area contributed by atoms with Crippen molar-refractivity contribution >= 4 is 6.03 Å². The summed E-state index contributed by atoms with van der Waals surface area (Å²) in [5.74, 6) is 0.557. The molecule has 1 aliphatic rings. The predicted molar refractivity (Wildman–Crippen MR) is 90.8 cm³/mol. The number of benzene rings is 1. The molecule has 1 N–H and O–H groups in total. The zero-order valence-electron chi connectivity index (χ0n) is 13.6. The molecule has 1 aromatic carbocycles. The van der Waals surface area contributed by atoms with Gasteiger partial charge in [-0.3, -0.25) is 0 Å². The molecular weight excluding hydrogens is 304 g/mol. The number of piperidine rings is 1. The number of hydrogen-bond acceptors (Lipinski definition) is 4. The fraction of sp³-hybridized carbons (Fsp3) is 0.389. The molecule has 0 bridgehead atoms. The van der Waals surface area contributed by atoms with Crippen LogP contribution in [0.15, 0.2) is 48.9 Å². The van der Waals surface area contributed by atoms with Crippen molar-refractivity contribution < 1.29 is 9.53 Å². The molecule has 1 fully saturated rings. The van der Waals surface area contributed by atoms with E-state index < -0.39 is 0 Å². The highest BCUT2D eigenvalue weighted by molar-refractivity contribution is 5.74. The third-order valence-electron chi connectivity index (χ3n) is 4.04. The predicted octanol–water partition coefficient (Wildman–Crippen LogP) is 2.27. The maximum Gasteiger partial charge on any atom is 0.317 e. The standard InChI is InChI=1S/C18H22N4O2/c23-18(20-11-8-15-5-2-1-3-6-15)22-12-4-7-16(13-22)24-17-9-10-19-14-21-17/h1-3,5-6,9-10,14,16H,4,7-8,11-13H2,(H,20,23)/t16-/m0/s1. The van der Waals surface area contributed by atoms with Gasteiger partial charge in [0.25, 0.3) is 0 Å². The van der Waals surface area contributed by atoms with Gasteiger partial charge in [-0.2, -0.15) is 0 Å². The highest BCUT2D eigenvalue weighted by Gasteiger charge is 2.24. The van der Waals surface area contributed by atoms with Crippen molar-refractivity contribution in [1.82, 2.24) is 20.2 Å². The number of ether oxygens (including phenoxy) is 1. The molecule has 2 amide bonds. The van der Waals surface area contributed by atoms with Crippen molar-refractivity contribution in [3.63, 3.8) is 0 Å². The van der Waals surface area contributed by atoms with Crippen LogP contribution < -0.4 is 10.1 Å². The van der Waals surface area contributed by atoms with Crippen LogP contribution in [0.1, 0.15) is 18.4 Å². The first kappa shape index (κ1) is 16.2. The second kappa shape index (κ2) is 8.29. The van der Waals surface area contributed by atoms with E-state index in [1.54, 1.807) is 12.3 Å². The summed E-state index contributed by atoms with van der Waals surface area (Å²) in [4.78, 5) is 22.1. The van der Waals surface area contributed by atoms with Crippen molar-refractivity contribution in [1.29, 1.82) is 0 Å². The van der Waals surface area contributed by atoms with Crippen LogP contribution >= 0.6 is 0 Å². The van der Waals surface area contributed by atoms with E-state index in [1.807, 2.05) is 23.1 Å². The number of carbonyl (C=O) groups excluding carboxylic acids is 1. The van der Waals surface area contributed by atoms with Crippen LogP contribution in [0.4, 0.5) is 4.79 Å². The number of urea groups is 1. The monoisotopic (exact) mass is 326 g/mol. The Morgan fingerprint density at radius 2 is 2.17 bits per heavy atom. The molecule has 24 heavy (non-hydrogen) atoms. The Morgan fingerprint density at radius 1 is 1.29 bits per heavy atom. The summed E-state index contributed by atoms with van der Waals surface area (Å²) in [5, 5.41) is 2.99. The van der Waals surface area contributed by atoms with Gasteiger partial charge in [-0.1, -0.05) is 30.3 Å². The van der Waals surface area contributed by atoms with Crippen LogP contribution in [0.5, 0.6) is 5.88 Å². The molecule has 1 saturated heterocycles. The van der Waals surface area contributed by atoms with E-state index in [9.17, 15) is 4.79 Å². The van der Waals surface area contributed by atoms with Crippen LogP contribution in [0, 0.1) is 0 Å². The van der Waals surface area contributed by atoms with Crippen molar-refractivity contribution in [2.75, 3.05) is 19.6 Å². The summed E-state index contributed by atoms with van der Waals surface area (Å²) in [6, 6.07) is 11.9. The molecule has 0 radical (unpaired) electrons. The average molecular weight is 326 g/mol. The Kier molecular flexibility index (Phi) is 5.61. The Hall–Kier alpha value is -2.63. The first-order valence-corrected chi connectivity index (χ1v) is 8.30. The lowest BCUT2D eigenvalue weighted by molar-refractivity contribution is 0.0978. The van der Waals surface area contributed by atoms with Crippen molar-refractivity contribution in [2.24, 2.45) is 0 Å². The van der Waals surface area contributed by atoms with Gasteiger partial charge < -0.3 is 15.0 Å². The Labute approximate surface area is 141 Å². The zero-order chi connectivity index (χ0) is 16.6. The Bertz CT molecular complexity index is 636.